The van der Waals surface area contributed by atoms with E-state index in [0.29, 0.717) is 37.7 Å². The highest BCUT2D eigenvalue weighted by Gasteiger charge is 2.33. The van der Waals surface area contributed by atoms with Crippen LogP contribution in [0.2, 0.25) is 0 Å². The van der Waals surface area contributed by atoms with Gasteiger partial charge in [-0.25, -0.2) is 0 Å². The van der Waals surface area contributed by atoms with Crippen LogP contribution in [0.15, 0.2) is 21.7 Å². The molecule has 2 N–H and O–H groups in total. The maximum Gasteiger partial charge on any atom is 0.258 e. The van der Waals surface area contributed by atoms with Crippen LogP contribution in [-0.4, -0.2) is 44.8 Å². The van der Waals surface area contributed by atoms with Crippen LogP contribution in [0.25, 0.3) is 0 Å². The molecule has 8 heteroatoms. The number of aryl methyl sites for hydroxylation is 2. The van der Waals surface area contributed by atoms with Crippen LogP contribution in [0.5, 0.6) is 11.5 Å². The molecule has 2 aromatic rings. The molecular weight excluding hydrogens is 436 g/mol. The lowest BCUT2D eigenvalue weighted by atomic mass is 9.82. The van der Waals surface area contributed by atoms with E-state index in [-0.39, 0.29) is 51.9 Å². The highest BCUT2D eigenvalue weighted by Crippen LogP contribution is 2.38. The van der Waals surface area contributed by atoms with Crippen LogP contribution in [0.4, 0.5) is 0 Å². The van der Waals surface area contributed by atoms with Crippen molar-refractivity contribution in [2.24, 2.45) is 5.92 Å². The van der Waals surface area contributed by atoms with Gasteiger partial charge in [0.2, 0.25) is 0 Å². The summed E-state index contributed by atoms with van der Waals surface area (Å²) in [5.41, 5.74) is 0.840. The predicted molar refractivity (Wildman–Crippen MR) is 129 cm³/mol. The van der Waals surface area contributed by atoms with Crippen molar-refractivity contribution in [1.82, 2.24) is 9.13 Å². The lowest BCUT2D eigenvalue weighted by molar-refractivity contribution is 0.0954. The second-order valence-electron chi connectivity index (χ2n) is 9.99. The molecule has 2 aliphatic heterocycles. The number of rotatable bonds is 7. The molecule has 0 bridgehead atoms. The molecule has 2 fully saturated rings. The molecule has 2 aliphatic rings. The maximum atomic E-state index is 13.7. The first-order valence-electron chi connectivity index (χ1n) is 12.3. The predicted octanol–water partition coefficient (Wildman–Crippen LogP) is 3.18. The number of nitrogens with zero attached hydrogens (tertiary/aromatic N) is 2. The summed E-state index contributed by atoms with van der Waals surface area (Å²) in [6.07, 6.45) is 3.56. The topological polar surface area (TPSA) is 103 Å². The zero-order valence-electron chi connectivity index (χ0n) is 20.5. The molecule has 0 saturated carbocycles. The second kappa shape index (κ2) is 9.96. The molecule has 0 spiro atoms. The Balaban J connectivity index is 1.84. The van der Waals surface area contributed by atoms with Crippen molar-refractivity contribution in [3.8, 4) is 11.5 Å². The van der Waals surface area contributed by atoms with E-state index in [1.807, 2.05) is 13.8 Å². The van der Waals surface area contributed by atoms with E-state index in [2.05, 4.69) is 0 Å². The molecule has 2 atom stereocenters. The summed E-state index contributed by atoms with van der Waals surface area (Å²) in [5, 5.41) is 21.8. The van der Waals surface area contributed by atoms with E-state index < -0.39 is 5.92 Å². The molecule has 0 aliphatic carbocycles. The van der Waals surface area contributed by atoms with Gasteiger partial charge in [0.25, 0.3) is 11.1 Å². The van der Waals surface area contributed by atoms with Crippen molar-refractivity contribution in [3.63, 3.8) is 0 Å². The van der Waals surface area contributed by atoms with Crippen molar-refractivity contribution in [3.05, 3.63) is 55.4 Å². The van der Waals surface area contributed by atoms with Crippen LogP contribution in [0.1, 0.15) is 68.0 Å². The van der Waals surface area contributed by atoms with Crippen molar-refractivity contribution in [2.45, 2.75) is 84.6 Å². The maximum absolute atomic E-state index is 13.7. The fraction of sp³-hybridized carbons (Fsp3) is 0.615. The van der Waals surface area contributed by atoms with Crippen LogP contribution in [0.3, 0.4) is 0 Å². The number of aromatic nitrogens is 2. The number of pyridine rings is 2. The van der Waals surface area contributed by atoms with E-state index in [0.717, 1.165) is 25.7 Å². The SMILES string of the molecule is Cc1cc(O)c(C(c2c(O)cc(C)n(CC3CCCO3)c2=O)C(C)C)c(=O)n1CC1CCCO1. The molecule has 8 nitrogen and oxygen atoms in total. The summed E-state index contributed by atoms with van der Waals surface area (Å²) in [6, 6.07) is 3.13. The average molecular weight is 473 g/mol. The fourth-order valence-electron chi connectivity index (χ4n) is 5.37. The molecule has 2 aromatic heterocycles. The van der Waals surface area contributed by atoms with Gasteiger partial charge in [-0.15, -0.1) is 0 Å². The van der Waals surface area contributed by atoms with Crippen molar-refractivity contribution in [1.29, 1.82) is 0 Å². The van der Waals surface area contributed by atoms with Crippen molar-refractivity contribution >= 4 is 0 Å². The minimum Gasteiger partial charge on any atom is -0.507 e. The first-order chi connectivity index (χ1) is 16.2. The molecule has 34 heavy (non-hydrogen) atoms. The summed E-state index contributed by atoms with van der Waals surface area (Å²) in [5.74, 6) is -1.31. The average Bonchev–Trinajstić information content (AvgIpc) is 3.46. The van der Waals surface area contributed by atoms with Crippen LogP contribution >= 0.6 is 0 Å². The van der Waals surface area contributed by atoms with Gasteiger partial charge >= 0.3 is 0 Å². The van der Waals surface area contributed by atoms with Crippen LogP contribution < -0.4 is 11.1 Å². The van der Waals surface area contributed by atoms with Gasteiger partial charge in [0.15, 0.2) is 0 Å². The monoisotopic (exact) mass is 472 g/mol. The standard InChI is InChI=1S/C26H36N2O6/c1-15(2)22(23-20(29)11-16(3)27(25(23)31)13-18-7-5-9-33-18)24-21(30)12-17(4)28(26(24)32)14-19-8-6-10-34-19/h11-12,15,18-19,22,29-30H,5-10,13-14H2,1-4H3. The largest absolute Gasteiger partial charge is 0.507 e. The number of aromatic hydroxyl groups is 2. The molecule has 0 radical (unpaired) electrons. The summed E-state index contributed by atoms with van der Waals surface area (Å²) < 4.78 is 14.7. The molecule has 2 saturated heterocycles. The van der Waals surface area contributed by atoms with Gasteiger partial charge in [-0.1, -0.05) is 13.8 Å². The Kier molecular flexibility index (Phi) is 7.19. The van der Waals surface area contributed by atoms with E-state index >= 15 is 0 Å². The number of hydrogen-bond donors (Lipinski definition) is 2. The quantitative estimate of drug-likeness (QED) is 0.642. The summed E-state index contributed by atoms with van der Waals surface area (Å²) in [7, 11) is 0. The van der Waals surface area contributed by atoms with Gasteiger partial charge in [0.1, 0.15) is 11.5 Å². The molecule has 0 amide bonds. The Morgan fingerprint density at radius 1 is 0.853 bits per heavy atom. The minimum atomic E-state index is -0.771. The van der Waals surface area contributed by atoms with Crippen LogP contribution in [-0.2, 0) is 22.6 Å². The third kappa shape index (κ3) is 4.66. The number of ether oxygens (including phenoxy) is 2. The third-order valence-corrected chi connectivity index (χ3v) is 7.15. The first kappa shape index (κ1) is 24.5. The second-order valence-corrected chi connectivity index (χ2v) is 9.99. The molecular formula is C26H36N2O6. The molecule has 0 aromatic carbocycles. The van der Waals surface area contributed by atoms with E-state index in [1.54, 1.807) is 35.1 Å². The normalized spacial score (nSPS) is 21.4. The van der Waals surface area contributed by atoms with Crippen molar-refractivity contribution in [2.75, 3.05) is 13.2 Å². The summed E-state index contributed by atoms with van der Waals surface area (Å²) in [6.45, 7) is 9.48. The van der Waals surface area contributed by atoms with Crippen molar-refractivity contribution < 1.29 is 19.7 Å². The lowest BCUT2D eigenvalue weighted by Crippen LogP contribution is -2.36. The van der Waals surface area contributed by atoms with Gasteiger partial charge in [-0.2, -0.15) is 0 Å². The van der Waals surface area contributed by atoms with Gasteiger partial charge in [-0.05, 0) is 57.6 Å². The zero-order valence-corrected chi connectivity index (χ0v) is 20.5. The molecule has 2 unspecified atom stereocenters. The Morgan fingerprint density at radius 2 is 1.26 bits per heavy atom. The summed E-state index contributed by atoms with van der Waals surface area (Å²) >= 11 is 0. The highest BCUT2D eigenvalue weighted by molar-refractivity contribution is 5.46. The molecule has 4 rings (SSSR count). The fourth-order valence-corrected chi connectivity index (χ4v) is 5.37. The van der Waals surface area contributed by atoms with Gasteiger partial charge in [0.05, 0.1) is 36.4 Å². The smallest absolute Gasteiger partial charge is 0.258 e. The Bertz CT molecular complexity index is 1070. The lowest BCUT2D eigenvalue weighted by Gasteiger charge is -2.26. The van der Waals surface area contributed by atoms with Gasteiger partial charge in [-0.3, -0.25) is 9.59 Å². The van der Waals surface area contributed by atoms with E-state index in [1.165, 1.54) is 0 Å². The third-order valence-electron chi connectivity index (χ3n) is 7.15. The summed E-state index contributed by atoms with van der Waals surface area (Å²) in [4.78, 5) is 27.4. The van der Waals surface area contributed by atoms with Crippen LogP contribution in [0, 0.1) is 19.8 Å². The minimum absolute atomic E-state index is 0.0530. The molecule has 186 valence electrons. The Morgan fingerprint density at radius 3 is 1.59 bits per heavy atom. The van der Waals surface area contributed by atoms with E-state index in [9.17, 15) is 19.8 Å². The highest BCUT2D eigenvalue weighted by atomic mass is 16.5. The van der Waals surface area contributed by atoms with E-state index in [4.69, 9.17) is 9.47 Å². The Hall–Kier alpha value is -2.58. The first-order valence-corrected chi connectivity index (χ1v) is 12.3. The zero-order chi connectivity index (χ0) is 24.6. The van der Waals surface area contributed by atoms with Gasteiger partial charge in [0, 0.05) is 30.5 Å². The van der Waals surface area contributed by atoms with Gasteiger partial charge < -0.3 is 28.8 Å². The Labute approximate surface area is 199 Å². The molecule has 4 heterocycles. The number of hydrogen-bond acceptors (Lipinski definition) is 6.